The van der Waals surface area contributed by atoms with Crippen LogP contribution in [0.4, 0.5) is 0 Å². The van der Waals surface area contributed by atoms with Crippen LogP contribution < -0.4 is 5.32 Å². The molecule has 2 unspecified atom stereocenters. The Morgan fingerprint density at radius 2 is 2.14 bits per heavy atom. The molecule has 1 fully saturated rings. The van der Waals surface area contributed by atoms with Crippen molar-refractivity contribution in [2.45, 2.75) is 38.9 Å². The van der Waals surface area contributed by atoms with E-state index in [2.05, 4.69) is 57.6 Å². The number of rotatable bonds is 4. The summed E-state index contributed by atoms with van der Waals surface area (Å²) in [6.07, 6.45) is 1.05. The fraction of sp³-hybridized carbons (Fsp3) is 0.500. The Hall–Kier alpha value is -1.72. The molecule has 3 rings (SSSR count). The van der Waals surface area contributed by atoms with E-state index >= 15 is 0 Å². The van der Waals surface area contributed by atoms with Crippen molar-refractivity contribution in [2.24, 2.45) is 0 Å². The highest BCUT2D eigenvalue weighted by atomic mass is 16.5. The Kier molecular flexibility index (Phi) is 4.31. The van der Waals surface area contributed by atoms with Crippen molar-refractivity contribution in [1.82, 2.24) is 20.4 Å². The van der Waals surface area contributed by atoms with Crippen LogP contribution >= 0.6 is 0 Å². The van der Waals surface area contributed by atoms with Crippen LogP contribution in [0.2, 0.25) is 0 Å². The third-order valence-corrected chi connectivity index (χ3v) is 4.01. The number of nitrogens with zero attached hydrogens (tertiary/aromatic N) is 3. The summed E-state index contributed by atoms with van der Waals surface area (Å²) in [5.74, 6) is 1.41. The van der Waals surface area contributed by atoms with Crippen molar-refractivity contribution in [3.63, 3.8) is 0 Å². The molecule has 0 amide bonds. The average molecular weight is 286 g/mol. The van der Waals surface area contributed by atoms with Crippen LogP contribution in [0, 0.1) is 6.92 Å². The summed E-state index contributed by atoms with van der Waals surface area (Å²) in [7, 11) is 0. The van der Waals surface area contributed by atoms with Gasteiger partial charge in [-0.15, -0.1) is 0 Å². The predicted octanol–water partition coefficient (Wildman–Crippen LogP) is 1.78. The fourth-order valence-corrected chi connectivity index (χ4v) is 2.83. The normalized spacial score (nSPS) is 23.3. The van der Waals surface area contributed by atoms with E-state index < -0.39 is 0 Å². The Balaban J connectivity index is 1.61. The average Bonchev–Trinajstić information content (AvgIpc) is 2.89. The van der Waals surface area contributed by atoms with Crippen molar-refractivity contribution in [1.29, 1.82) is 0 Å². The van der Waals surface area contributed by atoms with E-state index in [0.29, 0.717) is 23.8 Å². The number of aryl methyl sites for hydroxylation is 1. The van der Waals surface area contributed by atoms with Gasteiger partial charge < -0.3 is 9.84 Å². The van der Waals surface area contributed by atoms with Crippen molar-refractivity contribution < 1.29 is 4.52 Å². The van der Waals surface area contributed by atoms with Crippen LogP contribution in [0.1, 0.15) is 24.2 Å². The quantitative estimate of drug-likeness (QED) is 0.928. The number of benzene rings is 1. The molecule has 1 N–H and O–H groups in total. The lowest BCUT2D eigenvalue weighted by Crippen LogP contribution is -2.55. The molecule has 0 radical (unpaired) electrons. The van der Waals surface area contributed by atoms with Crippen LogP contribution in [0.15, 0.2) is 34.9 Å². The lowest BCUT2D eigenvalue weighted by Gasteiger charge is -2.38. The molecule has 2 aromatic rings. The lowest BCUT2D eigenvalue weighted by atomic mass is 10.0. The van der Waals surface area contributed by atoms with Crippen molar-refractivity contribution in [3.05, 3.63) is 47.6 Å². The first-order valence-electron chi connectivity index (χ1n) is 7.51. The van der Waals surface area contributed by atoms with Gasteiger partial charge in [-0.1, -0.05) is 35.5 Å². The van der Waals surface area contributed by atoms with Crippen LogP contribution in [-0.4, -0.2) is 40.2 Å². The molecule has 0 spiro atoms. The van der Waals surface area contributed by atoms with Gasteiger partial charge in [0.25, 0.3) is 0 Å². The Bertz CT molecular complexity index is 569. The van der Waals surface area contributed by atoms with Crippen LogP contribution in [0.25, 0.3) is 0 Å². The Morgan fingerprint density at radius 3 is 2.86 bits per heavy atom. The van der Waals surface area contributed by atoms with E-state index in [-0.39, 0.29) is 0 Å². The monoisotopic (exact) mass is 286 g/mol. The minimum atomic E-state index is 0.465. The first-order valence-corrected chi connectivity index (χ1v) is 7.51. The Labute approximate surface area is 125 Å². The van der Waals surface area contributed by atoms with E-state index in [1.54, 1.807) is 0 Å². The summed E-state index contributed by atoms with van der Waals surface area (Å²) in [6, 6.07) is 11.6. The van der Waals surface area contributed by atoms with Gasteiger partial charge in [0.15, 0.2) is 5.82 Å². The van der Waals surface area contributed by atoms with Crippen molar-refractivity contribution >= 4 is 0 Å². The SMILES string of the molecule is Cc1noc(CN2CC(Cc3ccccc3)NCC2C)n1. The Morgan fingerprint density at radius 1 is 1.33 bits per heavy atom. The van der Waals surface area contributed by atoms with E-state index in [9.17, 15) is 0 Å². The lowest BCUT2D eigenvalue weighted by molar-refractivity contribution is 0.118. The molecule has 0 saturated carbocycles. The zero-order valence-electron chi connectivity index (χ0n) is 12.6. The first-order chi connectivity index (χ1) is 10.2. The van der Waals surface area contributed by atoms with Gasteiger partial charge in [-0.2, -0.15) is 4.98 Å². The van der Waals surface area contributed by atoms with Gasteiger partial charge in [-0.3, -0.25) is 4.90 Å². The molecule has 1 aliphatic heterocycles. The van der Waals surface area contributed by atoms with Gasteiger partial charge in [0.1, 0.15) is 0 Å². The highest BCUT2D eigenvalue weighted by molar-refractivity contribution is 5.16. The molecule has 0 aliphatic carbocycles. The molecular formula is C16H22N4O. The second-order valence-corrected chi connectivity index (χ2v) is 5.81. The minimum Gasteiger partial charge on any atom is -0.338 e. The molecular weight excluding hydrogens is 264 g/mol. The number of hydrogen-bond donors (Lipinski definition) is 1. The number of aromatic nitrogens is 2. The maximum atomic E-state index is 5.25. The van der Waals surface area contributed by atoms with Crippen LogP contribution in [0.3, 0.4) is 0 Å². The summed E-state index contributed by atoms with van der Waals surface area (Å²) in [6.45, 7) is 6.80. The molecule has 2 heterocycles. The highest BCUT2D eigenvalue weighted by Crippen LogP contribution is 2.14. The van der Waals surface area contributed by atoms with E-state index in [0.717, 1.165) is 26.1 Å². The largest absolute Gasteiger partial charge is 0.338 e. The van der Waals surface area contributed by atoms with Crippen LogP contribution in [0.5, 0.6) is 0 Å². The van der Waals surface area contributed by atoms with Gasteiger partial charge >= 0.3 is 0 Å². The topological polar surface area (TPSA) is 54.2 Å². The van der Waals surface area contributed by atoms with E-state index in [1.807, 2.05) is 6.92 Å². The minimum absolute atomic E-state index is 0.465. The third-order valence-electron chi connectivity index (χ3n) is 4.01. The number of hydrogen-bond acceptors (Lipinski definition) is 5. The highest BCUT2D eigenvalue weighted by Gasteiger charge is 2.26. The van der Waals surface area contributed by atoms with Gasteiger partial charge in [0.2, 0.25) is 5.89 Å². The summed E-state index contributed by atoms with van der Waals surface area (Å²) in [5, 5.41) is 7.50. The molecule has 5 heteroatoms. The maximum absolute atomic E-state index is 5.25. The summed E-state index contributed by atoms with van der Waals surface area (Å²) < 4.78 is 5.25. The number of nitrogens with one attached hydrogen (secondary N) is 1. The van der Waals surface area contributed by atoms with Gasteiger partial charge in [-0.25, -0.2) is 0 Å². The molecule has 0 bridgehead atoms. The first kappa shape index (κ1) is 14.2. The molecule has 1 saturated heterocycles. The fourth-order valence-electron chi connectivity index (χ4n) is 2.83. The zero-order chi connectivity index (χ0) is 14.7. The summed E-state index contributed by atoms with van der Waals surface area (Å²) in [5.41, 5.74) is 1.37. The van der Waals surface area contributed by atoms with Crippen LogP contribution in [-0.2, 0) is 13.0 Å². The standard InChI is InChI=1S/C16H22N4O/c1-12-9-17-15(8-14-6-4-3-5-7-14)10-20(12)11-16-18-13(2)19-21-16/h3-7,12,15,17H,8-11H2,1-2H3. The molecule has 5 nitrogen and oxygen atoms in total. The van der Waals surface area contributed by atoms with Gasteiger partial charge in [0.05, 0.1) is 6.54 Å². The molecule has 1 aliphatic rings. The molecule has 1 aromatic carbocycles. The van der Waals surface area contributed by atoms with E-state index in [1.165, 1.54) is 5.56 Å². The second-order valence-electron chi connectivity index (χ2n) is 5.81. The molecule has 1 aromatic heterocycles. The summed E-state index contributed by atoms with van der Waals surface area (Å²) in [4.78, 5) is 6.72. The van der Waals surface area contributed by atoms with Crippen molar-refractivity contribution in [3.8, 4) is 0 Å². The third kappa shape index (κ3) is 3.68. The zero-order valence-corrected chi connectivity index (χ0v) is 12.6. The molecule has 21 heavy (non-hydrogen) atoms. The molecule has 112 valence electrons. The second kappa shape index (κ2) is 6.37. The van der Waals surface area contributed by atoms with Gasteiger partial charge in [-0.05, 0) is 25.8 Å². The predicted molar refractivity (Wildman–Crippen MR) is 80.8 cm³/mol. The summed E-state index contributed by atoms with van der Waals surface area (Å²) >= 11 is 0. The maximum Gasteiger partial charge on any atom is 0.240 e. The molecule has 2 atom stereocenters. The smallest absolute Gasteiger partial charge is 0.240 e. The van der Waals surface area contributed by atoms with Crippen molar-refractivity contribution in [2.75, 3.05) is 13.1 Å². The number of piperazine rings is 1. The van der Waals surface area contributed by atoms with Gasteiger partial charge in [0, 0.05) is 25.2 Å². The van der Waals surface area contributed by atoms with E-state index in [4.69, 9.17) is 4.52 Å².